The minimum absolute atomic E-state index is 0.334. The third-order valence-electron chi connectivity index (χ3n) is 5.13. The van der Waals surface area contributed by atoms with E-state index in [-0.39, 0.29) is 5.78 Å². The summed E-state index contributed by atoms with van der Waals surface area (Å²) in [5.41, 5.74) is 7.82. The zero-order valence-electron chi connectivity index (χ0n) is 18.2. The van der Waals surface area contributed by atoms with Crippen LogP contribution >= 0.6 is 0 Å². The molecule has 2 rings (SSSR count). The maximum Gasteiger partial charge on any atom is 0.244 e. The number of ketones is 1. The number of aryl methyl sites for hydroxylation is 1. The lowest BCUT2D eigenvalue weighted by Crippen LogP contribution is -2.61. The highest BCUT2D eigenvalue weighted by Crippen LogP contribution is 2.33. The number of benzene rings is 2. The molecule has 5 nitrogen and oxygen atoms in total. The summed E-state index contributed by atoms with van der Waals surface area (Å²) >= 11 is 0. The van der Waals surface area contributed by atoms with Crippen molar-refractivity contribution in [1.29, 1.82) is 0 Å². The summed E-state index contributed by atoms with van der Waals surface area (Å²) in [6.07, 6.45) is 2.42. The summed E-state index contributed by atoms with van der Waals surface area (Å²) < 4.78 is 0. The van der Waals surface area contributed by atoms with Gasteiger partial charge in [0, 0.05) is 11.6 Å². The summed E-state index contributed by atoms with van der Waals surface area (Å²) in [4.78, 5) is 25.7. The van der Waals surface area contributed by atoms with Gasteiger partial charge in [-0.2, -0.15) is 0 Å². The molecule has 3 atom stereocenters. The van der Waals surface area contributed by atoms with Gasteiger partial charge >= 0.3 is 0 Å². The molecule has 0 saturated carbocycles. The van der Waals surface area contributed by atoms with Crippen LogP contribution in [0.25, 0.3) is 0 Å². The van der Waals surface area contributed by atoms with E-state index >= 15 is 0 Å². The molecule has 30 heavy (non-hydrogen) atoms. The first-order valence-electron chi connectivity index (χ1n) is 10.3. The van der Waals surface area contributed by atoms with E-state index in [0.29, 0.717) is 24.0 Å². The first-order chi connectivity index (χ1) is 14.2. The Morgan fingerprint density at radius 2 is 1.70 bits per heavy atom. The van der Waals surface area contributed by atoms with E-state index < -0.39 is 23.6 Å². The normalized spacial score (nSPS) is 14.9. The van der Waals surface area contributed by atoms with E-state index in [4.69, 9.17) is 5.73 Å². The highest BCUT2D eigenvalue weighted by molar-refractivity contribution is 6.01. The first-order valence-corrected chi connectivity index (χ1v) is 10.3. The highest BCUT2D eigenvalue weighted by atomic mass is 16.3. The molecular formula is C25H32N2O3. The number of allylic oxidation sites excluding steroid dienone is 1. The predicted octanol–water partition coefficient (Wildman–Crippen LogP) is 3.64. The minimum atomic E-state index is -1.50. The average Bonchev–Trinajstić information content (AvgIpc) is 2.71. The predicted molar refractivity (Wildman–Crippen MR) is 120 cm³/mol. The molecule has 0 saturated heterocycles. The van der Waals surface area contributed by atoms with Gasteiger partial charge in [0.2, 0.25) is 5.91 Å². The fraction of sp³-hybridized carbons (Fsp3) is 0.360. The summed E-state index contributed by atoms with van der Waals surface area (Å²) in [6, 6.07) is 14.0. The van der Waals surface area contributed by atoms with E-state index in [1.54, 1.807) is 24.3 Å². The molecule has 0 heterocycles. The van der Waals surface area contributed by atoms with Gasteiger partial charge in [-0.3, -0.25) is 9.59 Å². The number of aliphatic hydroxyl groups is 1. The zero-order chi connectivity index (χ0) is 22.3. The second-order valence-corrected chi connectivity index (χ2v) is 8.00. The first kappa shape index (κ1) is 23.5. The fourth-order valence-corrected chi connectivity index (χ4v) is 3.61. The van der Waals surface area contributed by atoms with E-state index in [9.17, 15) is 14.7 Å². The zero-order valence-corrected chi connectivity index (χ0v) is 18.2. The number of rotatable bonds is 9. The molecule has 2 aromatic rings. The number of amides is 1. The fourth-order valence-electron chi connectivity index (χ4n) is 3.61. The van der Waals surface area contributed by atoms with Gasteiger partial charge < -0.3 is 16.2 Å². The Hall–Kier alpha value is -2.76. The number of carbonyl (C=O) groups is 2. The van der Waals surface area contributed by atoms with Crippen molar-refractivity contribution in [3.63, 3.8) is 0 Å². The molecule has 0 aliphatic rings. The average molecular weight is 409 g/mol. The van der Waals surface area contributed by atoms with Crippen LogP contribution in [0, 0.1) is 6.92 Å². The van der Waals surface area contributed by atoms with Gasteiger partial charge in [-0.1, -0.05) is 79.1 Å². The molecule has 1 amide bonds. The Morgan fingerprint density at radius 3 is 2.23 bits per heavy atom. The van der Waals surface area contributed by atoms with Crippen LogP contribution in [0.1, 0.15) is 55.1 Å². The van der Waals surface area contributed by atoms with Crippen LogP contribution in [0.2, 0.25) is 0 Å². The summed E-state index contributed by atoms with van der Waals surface area (Å²) in [5.74, 6) is -0.724. The van der Waals surface area contributed by atoms with Gasteiger partial charge in [-0.15, -0.1) is 0 Å². The van der Waals surface area contributed by atoms with Crippen molar-refractivity contribution in [3.8, 4) is 0 Å². The van der Waals surface area contributed by atoms with E-state index in [0.717, 1.165) is 11.1 Å². The Labute approximate surface area is 179 Å². The van der Waals surface area contributed by atoms with Gasteiger partial charge in [0.15, 0.2) is 5.78 Å². The summed E-state index contributed by atoms with van der Waals surface area (Å²) in [5, 5.41) is 14.6. The van der Waals surface area contributed by atoms with Crippen molar-refractivity contribution < 1.29 is 14.7 Å². The van der Waals surface area contributed by atoms with Crippen molar-refractivity contribution in [2.45, 2.75) is 58.2 Å². The third kappa shape index (κ3) is 5.65. The standard InChI is InChI=1S/C25H32N2O3/c1-5-15-25(30,20-13-11-18(4)12-14-20)24(27-21(28)16-17(2)3)22(26)23(29)19-9-7-6-8-10-19/h6-14,16,22,24,30H,5,15,26H2,1-4H3,(H,27,28). The van der Waals surface area contributed by atoms with E-state index in [1.165, 1.54) is 6.08 Å². The molecule has 0 radical (unpaired) electrons. The van der Waals surface area contributed by atoms with Crippen molar-refractivity contribution in [1.82, 2.24) is 5.32 Å². The molecule has 0 bridgehead atoms. The number of hydrogen-bond acceptors (Lipinski definition) is 4. The van der Waals surface area contributed by atoms with Crippen LogP contribution in [-0.4, -0.2) is 28.9 Å². The van der Waals surface area contributed by atoms with Gasteiger partial charge in [-0.05, 0) is 32.8 Å². The van der Waals surface area contributed by atoms with Gasteiger partial charge in [0.1, 0.15) is 5.60 Å². The Kier molecular flexibility index (Phi) is 8.09. The second-order valence-electron chi connectivity index (χ2n) is 8.00. The van der Waals surface area contributed by atoms with Crippen LogP contribution in [0.15, 0.2) is 66.2 Å². The Bertz CT molecular complexity index is 886. The molecule has 0 fully saturated rings. The van der Waals surface area contributed by atoms with Crippen LogP contribution in [0.5, 0.6) is 0 Å². The molecule has 5 heteroatoms. The topological polar surface area (TPSA) is 92.4 Å². The number of carbonyl (C=O) groups excluding carboxylic acids is 2. The minimum Gasteiger partial charge on any atom is -0.383 e. The smallest absolute Gasteiger partial charge is 0.244 e. The molecule has 0 spiro atoms. The van der Waals surface area contributed by atoms with Crippen molar-refractivity contribution >= 4 is 11.7 Å². The maximum absolute atomic E-state index is 13.1. The molecule has 0 aliphatic carbocycles. The quantitative estimate of drug-likeness (QED) is 0.436. The number of nitrogens with two attached hydrogens (primary N) is 1. The Morgan fingerprint density at radius 1 is 1.10 bits per heavy atom. The lowest BCUT2D eigenvalue weighted by atomic mass is 9.77. The number of Topliss-reactive ketones (excluding diaryl/α,β-unsaturated/α-hetero) is 1. The lowest BCUT2D eigenvalue weighted by molar-refractivity contribution is -0.120. The number of nitrogens with one attached hydrogen (secondary N) is 1. The van der Waals surface area contributed by atoms with Crippen molar-refractivity contribution in [2.75, 3.05) is 0 Å². The maximum atomic E-state index is 13.1. The van der Waals surface area contributed by atoms with E-state index in [1.807, 2.05) is 58.0 Å². The van der Waals surface area contributed by atoms with Crippen LogP contribution in [0.3, 0.4) is 0 Å². The SMILES string of the molecule is CCCC(O)(c1ccc(C)cc1)C(NC(=O)C=C(C)C)C(N)C(=O)c1ccccc1. The van der Waals surface area contributed by atoms with Crippen LogP contribution in [0.4, 0.5) is 0 Å². The van der Waals surface area contributed by atoms with Crippen LogP contribution in [-0.2, 0) is 10.4 Å². The monoisotopic (exact) mass is 408 g/mol. The lowest BCUT2D eigenvalue weighted by Gasteiger charge is -2.39. The number of hydrogen-bond donors (Lipinski definition) is 3. The van der Waals surface area contributed by atoms with Crippen LogP contribution < -0.4 is 11.1 Å². The second kappa shape index (κ2) is 10.3. The molecule has 3 unspecified atom stereocenters. The summed E-state index contributed by atoms with van der Waals surface area (Å²) in [6.45, 7) is 7.52. The van der Waals surface area contributed by atoms with Gasteiger partial charge in [-0.25, -0.2) is 0 Å². The molecule has 4 N–H and O–H groups in total. The third-order valence-corrected chi connectivity index (χ3v) is 5.13. The highest BCUT2D eigenvalue weighted by Gasteiger charge is 2.44. The van der Waals surface area contributed by atoms with Gasteiger partial charge in [0.25, 0.3) is 0 Å². The Balaban J connectivity index is 2.53. The molecule has 2 aromatic carbocycles. The molecule has 0 aliphatic heterocycles. The van der Waals surface area contributed by atoms with Crippen molar-refractivity contribution in [2.24, 2.45) is 5.73 Å². The van der Waals surface area contributed by atoms with E-state index in [2.05, 4.69) is 5.32 Å². The molecule has 160 valence electrons. The largest absolute Gasteiger partial charge is 0.383 e. The van der Waals surface area contributed by atoms with Gasteiger partial charge in [0.05, 0.1) is 12.1 Å². The molecular weight excluding hydrogens is 376 g/mol. The van der Waals surface area contributed by atoms with Crippen molar-refractivity contribution in [3.05, 3.63) is 82.9 Å². The molecule has 0 aromatic heterocycles. The summed E-state index contributed by atoms with van der Waals surface area (Å²) in [7, 11) is 0.